The Morgan fingerprint density at radius 3 is 2.52 bits per heavy atom. The summed E-state index contributed by atoms with van der Waals surface area (Å²) in [6.45, 7) is 4.79. The van der Waals surface area contributed by atoms with E-state index < -0.39 is 17.4 Å². The zero-order valence-electron chi connectivity index (χ0n) is 13.9. The molecule has 0 radical (unpaired) electrons. The zero-order valence-corrected chi connectivity index (χ0v) is 13.9. The summed E-state index contributed by atoms with van der Waals surface area (Å²) < 4.78 is 0. The van der Waals surface area contributed by atoms with Crippen LogP contribution in [-0.4, -0.2) is 34.0 Å². The summed E-state index contributed by atoms with van der Waals surface area (Å²) >= 11 is 0. The normalized spacial score (nSPS) is 23.2. The molecular formula is C19H25NO3. The van der Waals surface area contributed by atoms with Crippen molar-refractivity contribution in [2.45, 2.75) is 57.4 Å². The number of amides is 1. The predicted octanol–water partition coefficient (Wildman–Crippen LogP) is 3.67. The lowest BCUT2D eigenvalue weighted by Crippen LogP contribution is -2.62. The van der Waals surface area contributed by atoms with Gasteiger partial charge in [0.05, 0.1) is 5.54 Å². The highest BCUT2D eigenvalue weighted by Crippen LogP contribution is 2.49. The van der Waals surface area contributed by atoms with Crippen LogP contribution in [0.3, 0.4) is 0 Å². The lowest BCUT2D eigenvalue weighted by atomic mass is 9.65. The molecule has 1 atom stereocenters. The maximum Gasteiger partial charge on any atom is 0.313 e. The van der Waals surface area contributed by atoms with Crippen LogP contribution >= 0.6 is 0 Å². The van der Waals surface area contributed by atoms with Crippen molar-refractivity contribution in [2.75, 3.05) is 6.54 Å². The quantitative estimate of drug-likeness (QED) is 0.926. The van der Waals surface area contributed by atoms with Gasteiger partial charge in [-0.1, -0.05) is 51.3 Å². The fraction of sp³-hybridized carbons (Fsp3) is 0.579. The van der Waals surface area contributed by atoms with E-state index in [-0.39, 0.29) is 5.91 Å². The Balaban J connectivity index is 2.19. The van der Waals surface area contributed by atoms with Gasteiger partial charge in [0, 0.05) is 12.1 Å². The first-order valence-electron chi connectivity index (χ1n) is 8.61. The lowest BCUT2D eigenvalue weighted by molar-refractivity contribution is -0.144. The van der Waals surface area contributed by atoms with Crippen molar-refractivity contribution in [3.8, 4) is 0 Å². The molecule has 0 saturated heterocycles. The summed E-state index contributed by atoms with van der Waals surface area (Å²) in [6, 6.07) is 7.27. The van der Waals surface area contributed by atoms with Crippen LogP contribution in [0.15, 0.2) is 24.3 Å². The van der Waals surface area contributed by atoms with Crippen molar-refractivity contribution in [1.29, 1.82) is 0 Å². The van der Waals surface area contributed by atoms with Gasteiger partial charge in [0.15, 0.2) is 0 Å². The number of benzene rings is 1. The molecule has 4 heteroatoms. The van der Waals surface area contributed by atoms with Gasteiger partial charge in [-0.2, -0.15) is 0 Å². The molecule has 1 amide bonds. The Hall–Kier alpha value is -1.84. The van der Waals surface area contributed by atoms with E-state index >= 15 is 0 Å². The van der Waals surface area contributed by atoms with Crippen LogP contribution < -0.4 is 0 Å². The van der Waals surface area contributed by atoms with Crippen molar-refractivity contribution in [3.63, 3.8) is 0 Å². The molecule has 1 spiro atoms. The van der Waals surface area contributed by atoms with Crippen LogP contribution in [0.2, 0.25) is 0 Å². The van der Waals surface area contributed by atoms with E-state index in [1.165, 1.54) is 0 Å². The molecule has 0 aromatic heterocycles. The van der Waals surface area contributed by atoms with Gasteiger partial charge in [-0.3, -0.25) is 9.59 Å². The monoisotopic (exact) mass is 315 g/mol. The number of carboxylic acids is 1. The summed E-state index contributed by atoms with van der Waals surface area (Å²) in [4.78, 5) is 27.2. The third kappa shape index (κ3) is 2.54. The number of hydrogen-bond donors (Lipinski definition) is 1. The van der Waals surface area contributed by atoms with Gasteiger partial charge in [-0.15, -0.1) is 0 Å². The highest BCUT2D eigenvalue weighted by atomic mass is 16.4. The van der Waals surface area contributed by atoms with Crippen LogP contribution in [0.25, 0.3) is 0 Å². The number of carboxylic acid groups (broad SMARTS) is 1. The molecule has 1 saturated carbocycles. The Bertz CT molecular complexity index is 617. The van der Waals surface area contributed by atoms with Crippen LogP contribution in [-0.2, 0) is 4.79 Å². The molecule has 1 fully saturated rings. The fourth-order valence-corrected chi connectivity index (χ4v) is 4.45. The van der Waals surface area contributed by atoms with Crippen molar-refractivity contribution >= 4 is 11.9 Å². The number of nitrogens with zero attached hydrogens (tertiary/aromatic N) is 1. The van der Waals surface area contributed by atoms with Crippen LogP contribution in [0, 0.1) is 5.92 Å². The number of hydrogen-bond acceptors (Lipinski definition) is 2. The third-order valence-corrected chi connectivity index (χ3v) is 5.34. The molecule has 4 nitrogen and oxygen atoms in total. The average molecular weight is 315 g/mol. The van der Waals surface area contributed by atoms with Crippen LogP contribution in [0.4, 0.5) is 0 Å². The van der Waals surface area contributed by atoms with E-state index in [1.807, 2.05) is 23.1 Å². The molecule has 124 valence electrons. The molecule has 0 bridgehead atoms. The summed E-state index contributed by atoms with van der Waals surface area (Å²) in [5.74, 6) is -1.10. The van der Waals surface area contributed by atoms with E-state index in [0.29, 0.717) is 23.6 Å². The topological polar surface area (TPSA) is 57.6 Å². The van der Waals surface area contributed by atoms with E-state index in [9.17, 15) is 14.7 Å². The smallest absolute Gasteiger partial charge is 0.313 e. The largest absolute Gasteiger partial charge is 0.481 e. The molecule has 1 aliphatic heterocycles. The summed E-state index contributed by atoms with van der Waals surface area (Å²) in [6.07, 6.45) is 4.69. The lowest BCUT2D eigenvalue weighted by Gasteiger charge is -2.53. The van der Waals surface area contributed by atoms with Gasteiger partial charge in [0.25, 0.3) is 5.91 Å². The summed E-state index contributed by atoms with van der Waals surface area (Å²) in [7, 11) is 0. The summed E-state index contributed by atoms with van der Waals surface area (Å²) in [5.41, 5.74) is 0.712. The maximum absolute atomic E-state index is 13.1. The van der Waals surface area contributed by atoms with Crippen molar-refractivity contribution in [1.82, 2.24) is 4.90 Å². The molecule has 3 rings (SSSR count). The third-order valence-electron chi connectivity index (χ3n) is 5.34. The minimum absolute atomic E-state index is 0.00806. The molecule has 2 aliphatic rings. The number of aliphatic carboxylic acids is 1. The van der Waals surface area contributed by atoms with Crippen molar-refractivity contribution in [3.05, 3.63) is 35.4 Å². The van der Waals surface area contributed by atoms with Crippen LogP contribution in [0.5, 0.6) is 0 Å². The van der Waals surface area contributed by atoms with E-state index in [2.05, 4.69) is 13.8 Å². The minimum atomic E-state index is -0.805. The van der Waals surface area contributed by atoms with Gasteiger partial charge >= 0.3 is 5.97 Å². The second-order valence-corrected chi connectivity index (χ2v) is 7.33. The SMILES string of the molecule is CC(C)CN1C(=O)c2ccccc2C(C(=O)O)C12CCCCC2. The summed E-state index contributed by atoms with van der Waals surface area (Å²) in [5, 5.41) is 10.0. The standard InChI is InChI=1S/C19H25NO3/c1-13(2)12-20-17(21)15-9-5-4-8-14(15)16(18(22)23)19(20)10-6-3-7-11-19/h4-5,8-9,13,16H,3,6-7,10-12H2,1-2H3,(H,22,23). The van der Waals surface area contributed by atoms with Gasteiger partial charge in [-0.25, -0.2) is 0 Å². The predicted molar refractivity (Wildman–Crippen MR) is 88.5 cm³/mol. The first kappa shape index (κ1) is 16.0. The fourth-order valence-electron chi connectivity index (χ4n) is 4.45. The molecular weight excluding hydrogens is 290 g/mol. The maximum atomic E-state index is 13.1. The molecule has 23 heavy (non-hydrogen) atoms. The molecule has 1 aromatic rings. The highest BCUT2D eigenvalue weighted by Gasteiger charge is 2.54. The molecule has 1 unspecified atom stereocenters. The van der Waals surface area contributed by atoms with Gasteiger partial charge in [0.2, 0.25) is 0 Å². The van der Waals surface area contributed by atoms with Gasteiger partial charge in [-0.05, 0) is 30.4 Å². The zero-order chi connectivity index (χ0) is 16.6. The van der Waals surface area contributed by atoms with Crippen molar-refractivity contribution < 1.29 is 14.7 Å². The number of carbonyl (C=O) groups is 2. The minimum Gasteiger partial charge on any atom is -0.481 e. The first-order valence-corrected chi connectivity index (χ1v) is 8.61. The van der Waals surface area contributed by atoms with Gasteiger partial charge < -0.3 is 10.0 Å². The van der Waals surface area contributed by atoms with E-state index in [1.54, 1.807) is 6.07 Å². The number of carbonyl (C=O) groups excluding carboxylic acids is 1. The molecule has 1 aliphatic carbocycles. The Labute approximate surface area is 137 Å². The van der Waals surface area contributed by atoms with E-state index in [4.69, 9.17) is 0 Å². The van der Waals surface area contributed by atoms with E-state index in [0.717, 1.165) is 32.1 Å². The molecule has 1 heterocycles. The first-order chi connectivity index (χ1) is 11.0. The second kappa shape index (κ2) is 5.99. The molecule has 1 aromatic carbocycles. The Morgan fingerprint density at radius 2 is 1.91 bits per heavy atom. The Morgan fingerprint density at radius 1 is 1.26 bits per heavy atom. The van der Waals surface area contributed by atoms with Crippen LogP contribution in [0.1, 0.15) is 67.8 Å². The highest BCUT2D eigenvalue weighted by molar-refractivity contribution is 6.01. The Kier molecular flexibility index (Phi) is 4.17. The second-order valence-electron chi connectivity index (χ2n) is 7.33. The number of rotatable bonds is 3. The average Bonchev–Trinajstić information content (AvgIpc) is 2.52. The van der Waals surface area contributed by atoms with Gasteiger partial charge in [0.1, 0.15) is 5.92 Å². The number of fused-ring (bicyclic) bond motifs is 1. The van der Waals surface area contributed by atoms with Crippen molar-refractivity contribution in [2.24, 2.45) is 5.92 Å². The molecule has 1 N–H and O–H groups in total.